The molecule has 2 nitrogen and oxygen atoms in total. The third kappa shape index (κ3) is 2.84. The molecule has 1 aromatic carbocycles. The molecule has 1 aromatic heterocycles. The molecule has 0 fully saturated rings. The molecule has 0 saturated carbocycles. The Kier molecular flexibility index (Phi) is 3.51. The summed E-state index contributed by atoms with van der Waals surface area (Å²) in [6, 6.07) is 5.51. The second-order valence-electron chi connectivity index (χ2n) is 2.72. The molecule has 78 valence electrons. The molecule has 2 aromatic rings. The summed E-state index contributed by atoms with van der Waals surface area (Å²) < 4.78 is 0.929. The van der Waals surface area contributed by atoms with Crippen LogP contribution in [-0.2, 0) is 0 Å². The lowest BCUT2D eigenvalue weighted by atomic mass is 10.3. The highest BCUT2D eigenvalue weighted by molar-refractivity contribution is 9.10. The lowest BCUT2D eigenvalue weighted by Gasteiger charge is -2.05. The van der Waals surface area contributed by atoms with Crippen LogP contribution in [-0.4, -0.2) is 4.98 Å². The van der Waals surface area contributed by atoms with Crippen LogP contribution >= 0.6 is 50.5 Å². The molecule has 0 atom stereocenters. The zero-order valence-electron chi connectivity index (χ0n) is 7.30. The van der Waals surface area contributed by atoms with Crippen molar-refractivity contribution in [1.29, 1.82) is 0 Å². The number of rotatable bonds is 2. The van der Waals surface area contributed by atoms with Gasteiger partial charge < -0.3 is 5.32 Å². The van der Waals surface area contributed by atoms with Gasteiger partial charge in [-0.1, -0.05) is 23.2 Å². The fourth-order valence-corrected chi connectivity index (χ4v) is 2.39. The monoisotopic (exact) mass is 322 g/mol. The Morgan fingerprint density at radius 1 is 1.33 bits per heavy atom. The average Bonchev–Trinajstić information content (AvgIpc) is 2.58. The van der Waals surface area contributed by atoms with Crippen LogP contribution in [0.4, 0.5) is 10.8 Å². The number of aromatic nitrogens is 1. The van der Waals surface area contributed by atoms with E-state index in [2.05, 4.69) is 26.2 Å². The molecule has 0 bridgehead atoms. The maximum absolute atomic E-state index is 5.88. The number of hydrogen-bond acceptors (Lipinski definition) is 3. The summed E-state index contributed by atoms with van der Waals surface area (Å²) in [4.78, 5) is 4.09. The van der Waals surface area contributed by atoms with Crippen molar-refractivity contribution in [3.8, 4) is 0 Å². The highest BCUT2D eigenvalue weighted by atomic mass is 79.9. The summed E-state index contributed by atoms with van der Waals surface area (Å²) in [6.45, 7) is 0. The van der Waals surface area contributed by atoms with Gasteiger partial charge in [-0.05, 0) is 34.1 Å². The zero-order valence-corrected chi connectivity index (χ0v) is 11.2. The van der Waals surface area contributed by atoms with Gasteiger partial charge in [0.2, 0.25) is 0 Å². The Morgan fingerprint density at radius 3 is 2.80 bits per heavy atom. The lowest BCUT2D eigenvalue weighted by Crippen LogP contribution is -1.90. The first-order valence-corrected chi connectivity index (χ1v) is 6.41. The number of anilines is 2. The normalized spacial score (nSPS) is 10.3. The van der Waals surface area contributed by atoms with E-state index in [9.17, 15) is 0 Å². The number of nitrogens with one attached hydrogen (secondary N) is 1. The fraction of sp³-hybridized carbons (Fsp3) is 0. The molecular weight excluding hydrogens is 319 g/mol. The van der Waals surface area contributed by atoms with Crippen molar-refractivity contribution in [3.63, 3.8) is 0 Å². The Labute approximate surface area is 109 Å². The molecule has 0 saturated heterocycles. The minimum atomic E-state index is 0.487. The van der Waals surface area contributed by atoms with Crippen molar-refractivity contribution in [2.75, 3.05) is 5.32 Å². The fourth-order valence-electron chi connectivity index (χ4n) is 1.02. The van der Waals surface area contributed by atoms with Crippen LogP contribution in [0, 0.1) is 0 Å². The van der Waals surface area contributed by atoms with E-state index in [-0.39, 0.29) is 0 Å². The number of hydrogen-bond donors (Lipinski definition) is 1. The first kappa shape index (κ1) is 11.2. The molecule has 0 amide bonds. The van der Waals surface area contributed by atoms with Gasteiger partial charge in [0.1, 0.15) is 5.15 Å². The third-order valence-electron chi connectivity index (χ3n) is 1.65. The Balaban J connectivity index is 2.27. The van der Waals surface area contributed by atoms with Crippen molar-refractivity contribution in [1.82, 2.24) is 4.98 Å². The van der Waals surface area contributed by atoms with E-state index in [4.69, 9.17) is 23.2 Å². The van der Waals surface area contributed by atoms with Crippen LogP contribution < -0.4 is 5.32 Å². The lowest BCUT2D eigenvalue weighted by molar-refractivity contribution is 1.39. The molecule has 0 aliphatic heterocycles. The second kappa shape index (κ2) is 4.70. The van der Waals surface area contributed by atoms with E-state index in [0.29, 0.717) is 10.2 Å². The van der Waals surface area contributed by atoms with Crippen molar-refractivity contribution in [3.05, 3.63) is 38.2 Å². The minimum Gasteiger partial charge on any atom is -0.331 e. The summed E-state index contributed by atoms with van der Waals surface area (Å²) in [6.07, 6.45) is 0. The second-order valence-corrected chi connectivity index (χ2v) is 5.26. The highest BCUT2D eigenvalue weighted by Gasteiger charge is 2.04. The molecule has 0 aliphatic carbocycles. The van der Waals surface area contributed by atoms with E-state index in [1.807, 2.05) is 18.2 Å². The Bertz CT molecular complexity index is 487. The minimum absolute atomic E-state index is 0.487. The molecule has 6 heteroatoms. The van der Waals surface area contributed by atoms with Crippen LogP contribution in [0.15, 0.2) is 28.1 Å². The van der Waals surface area contributed by atoms with Gasteiger partial charge in [0.25, 0.3) is 0 Å². The van der Waals surface area contributed by atoms with E-state index >= 15 is 0 Å². The molecule has 0 aliphatic rings. The van der Waals surface area contributed by atoms with Crippen LogP contribution in [0.2, 0.25) is 10.2 Å². The van der Waals surface area contributed by atoms with E-state index in [0.717, 1.165) is 15.3 Å². The van der Waals surface area contributed by atoms with Crippen molar-refractivity contribution in [2.24, 2.45) is 0 Å². The maximum atomic E-state index is 5.88. The summed E-state index contributed by atoms with van der Waals surface area (Å²) in [5, 5.41) is 6.79. The maximum Gasteiger partial charge on any atom is 0.188 e. The molecule has 1 N–H and O–H groups in total. The Morgan fingerprint density at radius 2 is 2.13 bits per heavy atom. The van der Waals surface area contributed by atoms with Gasteiger partial charge in [-0.15, -0.1) is 11.3 Å². The smallest absolute Gasteiger partial charge is 0.188 e. The number of benzene rings is 1. The van der Waals surface area contributed by atoms with Gasteiger partial charge in [0.05, 0.1) is 5.69 Å². The van der Waals surface area contributed by atoms with Crippen LogP contribution in [0.3, 0.4) is 0 Å². The number of halogens is 3. The third-order valence-corrected chi connectivity index (χ3v) is 3.65. The molecule has 15 heavy (non-hydrogen) atoms. The highest BCUT2D eigenvalue weighted by Crippen LogP contribution is 2.30. The largest absolute Gasteiger partial charge is 0.331 e. The molecule has 0 spiro atoms. The zero-order chi connectivity index (χ0) is 10.8. The van der Waals surface area contributed by atoms with E-state index < -0.39 is 0 Å². The number of nitrogens with zero attached hydrogens (tertiary/aromatic N) is 1. The van der Waals surface area contributed by atoms with Gasteiger partial charge in [0, 0.05) is 14.9 Å². The van der Waals surface area contributed by atoms with Crippen molar-refractivity contribution in [2.45, 2.75) is 0 Å². The molecule has 0 unspecified atom stereocenters. The number of thiazole rings is 1. The molecule has 0 radical (unpaired) electrons. The first-order valence-electron chi connectivity index (χ1n) is 3.98. The summed E-state index contributed by atoms with van der Waals surface area (Å²) in [7, 11) is 0. The topological polar surface area (TPSA) is 24.9 Å². The molecule has 1 heterocycles. The van der Waals surface area contributed by atoms with E-state index in [1.54, 1.807) is 5.38 Å². The van der Waals surface area contributed by atoms with Crippen molar-refractivity contribution >= 4 is 61.3 Å². The van der Waals surface area contributed by atoms with Gasteiger partial charge in [-0.25, -0.2) is 4.98 Å². The predicted octanol–water partition coefficient (Wildman–Crippen LogP) is 4.96. The Hall–Kier alpha value is -0.290. The average molecular weight is 324 g/mol. The van der Waals surface area contributed by atoms with Crippen LogP contribution in [0.25, 0.3) is 0 Å². The van der Waals surface area contributed by atoms with Gasteiger partial charge in [-0.3, -0.25) is 0 Å². The van der Waals surface area contributed by atoms with Gasteiger partial charge >= 0.3 is 0 Å². The summed E-state index contributed by atoms with van der Waals surface area (Å²) >= 11 is 16.5. The standard InChI is InChI=1S/C9H5BrCl2N2S/c10-6-2-1-5(11)3-7(6)13-9-14-8(12)4-15-9/h1-4H,(H,13,14). The summed E-state index contributed by atoms with van der Waals surface area (Å²) in [5.41, 5.74) is 0.869. The van der Waals surface area contributed by atoms with E-state index in [1.165, 1.54) is 11.3 Å². The predicted molar refractivity (Wildman–Crippen MR) is 69.6 cm³/mol. The first-order chi connectivity index (χ1) is 7.15. The van der Waals surface area contributed by atoms with Gasteiger partial charge in [0.15, 0.2) is 5.13 Å². The van der Waals surface area contributed by atoms with Gasteiger partial charge in [-0.2, -0.15) is 0 Å². The quantitative estimate of drug-likeness (QED) is 0.845. The SMILES string of the molecule is Clc1ccc(Br)c(Nc2nc(Cl)cs2)c1. The summed E-state index contributed by atoms with van der Waals surface area (Å²) in [5.74, 6) is 0. The van der Waals surface area contributed by atoms with Crippen LogP contribution in [0.1, 0.15) is 0 Å². The van der Waals surface area contributed by atoms with Crippen LogP contribution in [0.5, 0.6) is 0 Å². The van der Waals surface area contributed by atoms with Crippen molar-refractivity contribution < 1.29 is 0 Å². The molecule has 2 rings (SSSR count). The molecular formula is C9H5BrCl2N2S.